The molecular formula is C35H38N6O3S. The molecule has 1 saturated heterocycles. The molecular weight excluding hydrogens is 584 g/mol. The first-order valence-electron chi connectivity index (χ1n) is 15.4. The van der Waals surface area contributed by atoms with Gasteiger partial charge in [0.2, 0.25) is 17.0 Å². The van der Waals surface area contributed by atoms with Crippen LogP contribution < -0.4 is 0 Å². The van der Waals surface area contributed by atoms with Gasteiger partial charge in [-0.25, -0.2) is 4.98 Å². The van der Waals surface area contributed by atoms with Crippen LogP contribution in [0.1, 0.15) is 36.5 Å². The van der Waals surface area contributed by atoms with Crippen LogP contribution in [-0.4, -0.2) is 79.4 Å². The Morgan fingerprint density at radius 3 is 2.44 bits per heavy atom. The predicted octanol–water partition coefficient (Wildman–Crippen LogP) is 5.48. The first kappa shape index (κ1) is 30.7. The summed E-state index contributed by atoms with van der Waals surface area (Å²) in [5.74, 6) is 0.789. The Bertz CT molecular complexity index is 1780. The zero-order chi connectivity index (χ0) is 31.2. The fourth-order valence-electron chi connectivity index (χ4n) is 5.86. The van der Waals surface area contributed by atoms with Gasteiger partial charge >= 0.3 is 0 Å². The molecule has 0 spiro atoms. The average molecular weight is 623 g/mol. The Morgan fingerprint density at radius 2 is 1.69 bits per heavy atom. The number of piperazine rings is 1. The lowest BCUT2D eigenvalue weighted by Gasteiger charge is -2.40. The molecule has 2 amide bonds. The fraction of sp³-hybridized carbons (Fsp3) is 0.343. The molecule has 6 rings (SSSR count). The quantitative estimate of drug-likeness (QED) is 0.142. The van der Waals surface area contributed by atoms with Gasteiger partial charge in [-0.15, -0.1) is 10.2 Å². The molecule has 0 N–H and O–H groups in total. The lowest BCUT2D eigenvalue weighted by atomic mass is 10.1. The highest BCUT2D eigenvalue weighted by Crippen LogP contribution is 2.29. The predicted molar refractivity (Wildman–Crippen MR) is 177 cm³/mol. The number of thioether (sulfide) groups is 1. The highest BCUT2D eigenvalue weighted by Gasteiger charge is 2.29. The second-order valence-electron chi connectivity index (χ2n) is 11.6. The summed E-state index contributed by atoms with van der Waals surface area (Å²) in [6.07, 6.45) is 1.15. The van der Waals surface area contributed by atoms with Gasteiger partial charge in [0.05, 0.1) is 12.1 Å². The lowest BCUT2D eigenvalue weighted by molar-refractivity contribution is -0.145. The van der Waals surface area contributed by atoms with E-state index in [2.05, 4.69) is 52.0 Å². The van der Waals surface area contributed by atoms with Crippen LogP contribution in [0.3, 0.4) is 0 Å². The summed E-state index contributed by atoms with van der Waals surface area (Å²) in [7, 11) is 0. The monoisotopic (exact) mass is 622 g/mol. The van der Waals surface area contributed by atoms with Gasteiger partial charge in [0.25, 0.3) is 0 Å². The molecule has 1 aliphatic rings. The van der Waals surface area contributed by atoms with Crippen molar-refractivity contribution in [1.29, 1.82) is 0 Å². The number of hydrogen-bond donors (Lipinski definition) is 0. The molecule has 3 aromatic carbocycles. The Labute approximate surface area is 267 Å². The largest absolute Gasteiger partial charge is 0.367 e. The highest BCUT2D eigenvalue weighted by atomic mass is 32.2. The summed E-state index contributed by atoms with van der Waals surface area (Å²) >= 11 is 1.53. The van der Waals surface area contributed by atoms with Crippen LogP contribution in [0.25, 0.3) is 22.1 Å². The van der Waals surface area contributed by atoms with Crippen LogP contribution >= 0.6 is 11.8 Å². The van der Waals surface area contributed by atoms with Gasteiger partial charge < -0.3 is 19.1 Å². The van der Waals surface area contributed by atoms with E-state index in [0.29, 0.717) is 56.5 Å². The minimum Gasteiger partial charge on any atom is -0.367 e. The maximum absolute atomic E-state index is 13.0. The van der Waals surface area contributed by atoms with Crippen LogP contribution in [0, 0.1) is 6.92 Å². The number of carbonyl (C=O) groups excluding carboxylic acids is 2. The smallest absolute Gasteiger partial charge is 0.248 e. The van der Waals surface area contributed by atoms with Crippen molar-refractivity contribution >= 4 is 45.6 Å². The average Bonchev–Trinajstić information content (AvgIpc) is 3.35. The van der Waals surface area contributed by atoms with E-state index in [4.69, 9.17) is 9.72 Å². The van der Waals surface area contributed by atoms with Gasteiger partial charge in [0.1, 0.15) is 12.1 Å². The minimum absolute atomic E-state index is 0.0366. The zero-order valence-corrected chi connectivity index (χ0v) is 26.6. The fourth-order valence-corrected chi connectivity index (χ4v) is 6.58. The van der Waals surface area contributed by atoms with Crippen LogP contribution in [-0.2, 0) is 27.5 Å². The molecule has 45 heavy (non-hydrogen) atoms. The molecule has 0 radical (unpaired) electrons. The number of rotatable bonds is 11. The van der Waals surface area contributed by atoms with Gasteiger partial charge in [-0.1, -0.05) is 84.1 Å². The van der Waals surface area contributed by atoms with Crippen molar-refractivity contribution in [2.24, 2.45) is 0 Å². The molecule has 0 unspecified atom stereocenters. The van der Waals surface area contributed by atoms with Crippen molar-refractivity contribution in [3.63, 3.8) is 0 Å². The first-order valence-corrected chi connectivity index (χ1v) is 16.4. The number of carbonyl (C=O) groups is 2. The molecule has 9 nitrogen and oxygen atoms in total. The summed E-state index contributed by atoms with van der Waals surface area (Å²) in [5, 5.41) is 10.7. The van der Waals surface area contributed by atoms with E-state index in [-0.39, 0.29) is 24.5 Å². The van der Waals surface area contributed by atoms with Crippen molar-refractivity contribution in [3.8, 4) is 0 Å². The number of benzene rings is 3. The molecule has 2 aromatic heterocycles. The number of aromatic nitrogens is 4. The number of fused-ring (bicyclic) bond motifs is 3. The van der Waals surface area contributed by atoms with Crippen molar-refractivity contribution in [2.75, 3.05) is 32.0 Å². The summed E-state index contributed by atoms with van der Waals surface area (Å²) < 4.78 is 7.86. The maximum Gasteiger partial charge on any atom is 0.248 e. The summed E-state index contributed by atoms with van der Waals surface area (Å²) in [6, 6.07) is 26.5. The Morgan fingerprint density at radius 1 is 0.933 bits per heavy atom. The van der Waals surface area contributed by atoms with Gasteiger partial charge in [-0.05, 0) is 43.5 Å². The van der Waals surface area contributed by atoms with Crippen LogP contribution in [0.5, 0.6) is 0 Å². The molecule has 10 heteroatoms. The second kappa shape index (κ2) is 14.2. The van der Waals surface area contributed by atoms with E-state index in [0.717, 1.165) is 27.6 Å². The number of ether oxygens (including phenoxy) is 1. The van der Waals surface area contributed by atoms with E-state index in [1.165, 1.54) is 22.9 Å². The van der Waals surface area contributed by atoms with E-state index in [9.17, 15) is 9.59 Å². The van der Waals surface area contributed by atoms with Gasteiger partial charge in [-0.3, -0.25) is 9.59 Å². The highest BCUT2D eigenvalue weighted by molar-refractivity contribution is 7.99. The van der Waals surface area contributed by atoms with Crippen molar-refractivity contribution < 1.29 is 14.3 Å². The number of hydrogen-bond acceptors (Lipinski definition) is 7. The summed E-state index contributed by atoms with van der Waals surface area (Å²) in [4.78, 5) is 34.4. The van der Waals surface area contributed by atoms with Gasteiger partial charge in [0, 0.05) is 49.8 Å². The molecule has 1 aliphatic heterocycles. The zero-order valence-electron chi connectivity index (χ0n) is 25.8. The third-order valence-electron chi connectivity index (χ3n) is 8.19. The standard InChI is InChI=1S/C35H38N6O3S/c1-25-15-16-30-29(20-25)33-34(41(30)22-27-10-5-3-6-11-27)36-35(38-37-33)45-19-9-14-31(42)39-17-18-40(26(2)21-39)32(43)24-44-23-28-12-7-4-8-13-28/h3-8,10-13,15-16,20,26H,9,14,17-19,21-24H2,1-2H3/t26-/m0/s1. The molecule has 3 heterocycles. The topological polar surface area (TPSA) is 93.5 Å². The number of aryl methyl sites for hydroxylation is 1. The van der Waals surface area contributed by atoms with Gasteiger partial charge in [-0.2, -0.15) is 0 Å². The van der Waals surface area contributed by atoms with Crippen molar-refractivity contribution in [3.05, 3.63) is 95.6 Å². The Balaban J connectivity index is 1.01. The molecule has 1 atom stereocenters. The normalized spacial score (nSPS) is 15.2. The maximum atomic E-state index is 13.0. The van der Waals surface area contributed by atoms with Crippen LogP contribution in [0.4, 0.5) is 0 Å². The molecule has 0 aliphatic carbocycles. The summed E-state index contributed by atoms with van der Waals surface area (Å²) in [6.45, 7) is 6.80. The van der Waals surface area contributed by atoms with Crippen LogP contribution in [0.15, 0.2) is 84.0 Å². The summed E-state index contributed by atoms with van der Waals surface area (Å²) in [5.41, 5.74) is 6.11. The van der Waals surface area contributed by atoms with E-state index < -0.39 is 0 Å². The van der Waals surface area contributed by atoms with Gasteiger partial charge in [0.15, 0.2) is 5.65 Å². The molecule has 232 valence electrons. The molecule has 0 bridgehead atoms. The first-order chi connectivity index (χ1) is 22.0. The minimum atomic E-state index is -0.0532. The molecule has 1 fully saturated rings. The van der Waals surface area contributed by atoms with Crippen molar-refractivity contribution in [1.82, 2.24) is 29.5 Å². The number of amides is 2. The third kappa shape index (κ3) is 7.34. The lowest BCUT2D eigenvalue weighted by Crippen LogP contribution is -2.56. The van der Waals surface area contributed by atoms with E-state index in [1.54, 1.807) is 0 Å². The molecule has 5 aromatic rings. The van der Waals surface area contributed by atoms with Crippen LogP contribution in [0.2, 0.25) is 0 Å². The third-order valence-corrected chi connectivity index (χ3v) is 9.11. The number of nitrogens with zero attached hydrogens (tertiary/aromatic N) is 6. The van der Waals surface area contributed by atoms with E-state index in [1.807, 2.05) is 65.3 Å². The van der Waals surface area contributed by atoms with Crippen molar-refractivity contribution in [2.45, 2.75) is 51.0 Å². The molecule has 0 saturated carbocycles. The second-order valence-corrected chi connectivity index (χ2v) is 12.6. The Hall–Kier alpha value is -4.28. The van der Waals surface area contributed by atoms with E-state index >= 15 is 0 Å². The SMILES string of the molecule is Cc1ccc2c(c1)c1nnc(SCCCC(=O)N3CCN(C(=O)COCc4ccccc4)[C@@H](C)C3)nc1n2Cc1ccccc1. The Kier molecular flexibility index (Phi) is 9.71.